The Kier molecular flexibility index (Phi) is 4.74. The van der Waals surface area contributed by atoms with Crippen molar-refractivity contribution in [3.05, 3.63) is 76.8 Å². The van der Waals surface area contributed by atoms with E-state index in [0.29, 0.717) is 22.5 Å². The van der Waals surface area contributed by atoms with Crippen LogP contribution in [0.1, 0.15) is 10.4 Å². The molecule has 0 spiro atoms. The van der Waals surface area contributed by atoms with Crippen molar-refractivity contribution in [2.75, 3.05) is 24.3 Å². The van der Waals surface area contributed by atoms with E-state index in [1.165, 1.54) is 12.4 Å². The predicted octanol–water partition coefficient (Wildman–Crippen LogP) is 2.70. The van der Waals surface area contributed by atoms with E-state index >= 15 is 0 Å². The summed E-state index contributed by atoms with van der Waals surface area (Å²) >= 11 is 0. The summed E-state index contributed by atoms with van der Waals surface area (Å²) in [6, 6.07) is 15.6. The molecule has 0 fully saturated rings. The standard InChI is InChI=1S/C21H18N6O2/c1-27(2)20-16-7-6-14(11-18(16)22-12-23-20)21(29)24-15-5-3-4-13(10-15)17-8-9-19(28)26-25-17/h3-12H,1-2H3,(H,24,29)(H,26,28). The van der Waals surface area contributed by atoms with Crippen molar-refractivity contribution in [3.63, 3.8) is 0 Å². The van der Waals surface area contributed by atoms with Crippen LogP contribution in [0.25, 0.3) is 22.2 Å². The van der Waals surface area contributed by atoms with Crippen molar-refractivity contribution in [2.24, 2.45) is 0 Å². The number of carbonyl (C=O) groups excluding carboxylic acids is 1. The Balaban J connectivity index is 1.60. The number of aromatic amines is 1. The minimum Gasteiger partial charge on any atom is -0.362 e. The summed E-state index contributed by atoms with van der Waals surface area (Å²) in [7, 11) is 3.82. The summed E-state index contributed by atoms with van der Waals surface area (Å²) in [6.07, 6.45) is 1.49. The molecule has 0 saturated carbocycles. The highest BCUT2D eigenvalue weighted by Crippen LogP contribution is 2.23. The van der Waals surface area contributed by atoms with Gasteiger partial charge in [-0.05, 0) is 36.4 Å². The van der Waals surface area contributed by atoms with E-state index in [4.69, 9.17) is 0 Å². The summed E-state index contributed by atoms with van der Waals surface area (Å²) in [5.74, 6) is 0.548. The van der Waals surface area contributed by atoms with Gasteiger partial charge in [0.1, 0.15) is 12.1 Å². The Morgan fingerprint density at radius 3 is 2.66 bits per heavy atom. The van der Waals surface area contributed by atoms with Gasteiger partial charge >= 0.3 is 0 Å². The number of benzene rings is 2. The van der Waals surface area contributed by atoms with E-state index < -0.39 is 0 Å². The van der Waals surface area contributed by atoms with Gasteiger partial charge in [-0.2, -0.15) is 5.10 Å². The zero-order valence-electron chi connectivity index (χ0n) is 15.9. The molecule has 0 unspecified atom stereocenters. The Bertz CT molecular complexity index is 1240. The molecule has 0 saturated heterocycles. The highest BCUT2D eigenvalue weighted by Gasteiger charge is 2.11. The van der Waals surface area contributed by atoms with Crippen LogP contribution in [0.4, 0.5) is 11.5 Å². The highest BCUT2D eigenvalue weighted by atomic mass is 16.1. The molecule has 2 N–H and O–H groups in total. The second-order valence-corrected chi connectivity index (χ2v) is 6.66. The molecular weight excluding hydrogens is 368 g/mol. The Morgan fingerprint density at radius 2 is 1.90 bits per heavy atom. The molecule has 0 atom stereocenters. The van der Waals surface area contributed by atoms with Gasteiger partial charge in [-0.1, -0.05) is 12.1 Å². The molecule has 4 rings (SSSR count). The van der Waals surface area contributed by atoms with Crippen LogP contribution in [0, 0.1) is 0 Å². The molecule has 4 aromatic rings. The maximum absolute atomic E-state index is 12.7. The molecule has 144 valence electrons. The van der Waals surface area contributed by atoms with Gasteiger partial charge in [0.25, 0.3) is 11.5 Å². The number of aromatic nitrogens is 4. The number of hydrogen-bond acceptors (Lipinski definition) is 6. The third-order valence-corrected chi connectivity index (χ3v) is 4.40. The van der Waals surface area contributed by atoms with E-state index in [2.05, 4.69) is 25.5 Å². The summed E-state index contributed by atoms with van der Waals surface area (Å²) in [5, 5.41) is 10.2. The normalized spacial score (nSPS) is 10.7. The molecule has 29 heavy (non-hydrogen) atoms. The van der Waals surface area contributed by atoms with Gasteiger partial charge in [-0.15, -0.1) is 0 Å². The lowest BCUT2D eigenvalue weighted by Crippen LogP contribution is -2.13. The lowest BCUT2D eigenvalue weighted by atomic mass is 10.1. The fraction of sp³-hybridized carbons (Fsp3) is 0.0952. The molecular formula is C21H18N6O2. The van der Waals surface area contributed by atoms with Crippen LogP contribution in [0.15, 0.2) is 65.7 Å². The van der Waals surface area contributed by atoms with Crippen LogP contribution in [0.2, 0.25) is 0 Å². The lowest BCUT2D eigenvalue weighted by Gasteiger charge is -2.13. The number of hydrogen-bond donors (Lipinski definition) is 2. The summed E-state index contributed by atoms with van der Waals surface area (Å²) < 4.78 is 0. The zero-order chi connectivity index (χ0) is 20.4. The number of H-pyrrole nitrogens is 1. The lowest BCUT2D eigenvalue weighted by molar-refractivity contribution is 0.102. The minimum atomic E-state index is -0.268. The maximum Gasteiger partial charge on any atom is 0.264 e. The molecule has 0 radical (unpaired) electrons. The molecule has 1 amide bonds. The minimum absolute atomic E-state index is 0.247. The monoisotopic (exact) mass is 386 g/mol. The maximum atomic E-state index is 12.7. The van der Waals surface area contributed by atoms with Crippen molar-refractivity contribution < 1.29 is 4.79 Å². The number of nitrogens with zero attached hydrogens (tertiary/aromatic N) is 4. The van der Waals surface area contributed by atoms with Gasteiger partial charge in [-0.25, -0.2) is 15.1 Å². The highest BCUT2D eigenvalue weighted by molar-refractivity contribution is 6.07. The van der Waals surface area contributed by atoms with Crippen LogP contribution in [-0.4, -0.2) is 40.2 Å². The van der Waals surface area contributed by atoms with Gasteiger partial charge in [-0.3, -0.25) is 9.59 Å². The average Bonchev–Trinajstić information content (AvgIpc) is 2.73. The molecule has 2 heterocycles. The van der Waals surface area contributed by atoms with E-state index in [1.54, 1.807) is 30.3 Å². The van der Waals surface area contributed by atoms with E-state index in [0.717, 1.165) is 16.8 Å². The van der Waals surface area contributed by atoms with Crippen LogP contribution in [0.5, 0.6) is 0 Å². The quantitative estimate of drug-likeness (QED) is 0.559. The zero-order valence-corrected chi connectivity index (χ0v) is 15.9. The fourth-order valence-electron chi connectivity index (χ4n) is 3.01. The van der Waals surface area contributed by atoms with Crippen molar-refractivity contribution in [3.8, 4) is 11.3 Å². The molecule has 2 aromatic heterocycles. The molecule has 0 aliphatic carbocycles. The number of fused-ring (bicyclic) bond motifs is 1. The Morgan fingerprint density at radius 1 is 1.03 bits per heavy atom. The first-order valence-electron chi connectivity index (χ1n) is 8.91. The summed E-state index contributed by atoms with van der Waals surface area (Å²) in [5.41, 5.74) is 2.93. The van der Waals surface area contributed by atoms with Gasteiger partial charge in [0.15, 0.2) is 0 Å². The fourth-order valence-corrected chi connectivity index (χ4v) is 3.01. The van der Waals surface area contributed by atoms with Crippen molar-refractivity contribution in [1.29, 1.82) is 0 Å². The molecule has 8 heteroatoms. The first kappa shape index (κ1) is 18.3. The smallest absolute Gasteiger partial charge is 0.264 e. The second kappa shape index (κ2) is 7.51. The molecule has 0 bridgehead atoms. The molecule has 8 nitrogen and oxygen atoms in total. The molecule has 2 aromatic carbocycles. The van der Waals surface area contributed by atoms with Crippen molar-refractivity contribution in [1.82, 2.24) is 20.2 Å². The number of carbonyl (C=O) groups is 1. The van der Waals surface area contributed by atoms with Crippen molar-refractivity contribution >= 4 is 28.3 Å². The first-order chi connectivity index (χ1) is 14.0. The largest absolute Gasteiger partial charge is 0.362 e. The van der Waals surface area contributed by atoms with Gasteiger partial charge in [0.2, 0.25) is 0 Å². The van der Waals surface area contributed by atoms with Gasteiger partial charge in [0.05, 0.1) is 11.2 Å². The van der Waals surface area contributed by atoms with Crippen molar-refractivity contribution in [2.45, 2.75) is 0 Å². The number of nitrogens with one attached hydrogen (secondary N) is 2. The van der Waals surface area contributed by atoms with Gasteiger partial charge in [0, 0.05) is 42.4 Å². The SMILES string of the molecule is CN(C)c1ncnc2cc(C(=O)Nc3cccc(-c4ccc(=O)[nH]n4)c3)ccc12. The first-order valence-corrected chi connectivity index (χ1v) is 8.91. The van der Waals surface area contributed by atoms with E-state index in [-0.39, 0.29) is 11.5 Å². The number of anilines is 2. The topological polar surface area (TPSA) is 104 Å². The second-order valence-electron chi connectivity index (χ2n) is 6.66. The average molecular weight is 386 g/mol. The predicted molar refractivity (Wildman–Crippen MR) is 112 cm³/mol. The van der Waals surface area contributed by atoms with Gasteiger partial charge < -0.3 is 10.2 Å². The van der Waals surface area contributed by atoms with Crippen LogP contribution in [-0.2, 0) is 0 Å². The van der Waals surface area contributed by atoms with Crippen LogP contribution >= 0.6 is 0 Å². The van der Waals surface area contributed by atoms with E-state index in [9.17, 15) is 9.59 Å². The number of rotatable bonds is 4. The summed E-state index contributed by atoms with van der Waals surface area (Å²) in [4.78, 5) is 34.4. The molecule has 0 aliphatic rings. The van der Waals surface area contributed by atoms with E-state index in [1.807, 2.05) is 37.2 Å². The number of amides is 1. The Hall–Kier alpha value is -4.07. The summed E-state index contributed by atoms with van der Waals surface area (Å²) in [6.45, 7) is 0. The molecule has 0 aliphatic heterocycles. The van der Waals surface area contributed by atoms with Crippen LogP contribution in [0.3, 0.4) is 0 Å². The third-order valence-electron chi connectivity index (χ3n) is 4.40. The third kappa shape index (κ3) is 3.81. The van der Waals surface area contributed by atoms with Crippen LogP contribution < -0.4 is 15.8 Å². The Labute approximate surface area is 166 Å².